The molecule has 0 radical (unpaired) electrons. The molecule has 63 heavy (non-hydrogen) atoms. The predicted molar refractivity (Wildman–Crippen MR) is 226 cm³/mol. The number of piperidine rings is 2. The van der Waals surface area contributed by atoms with Gasteiger partial charge in [0.2, 0.25) is 5.91 Å². The Labute approximate surface area is 360 Å². The fourth-order valence-electron chi connectivity index (χ4n) is 10.7. The Morgan fingerprint density at radius 1 is 0.968 bits per heavy atom. The van der Waals surface area contributed by atoms with E-state index in [1.54, 1.807) is 21.8 Å². The smallest absolute Gasteiger partial charge is 0.284 e. The Kier molecular flexibility index (Phi) is 10.0. The van der Waals surface area contributed by atoms with E-state index in [-0.39, 0.29) is 29.1 Å². The summed E-state index contributed by atoms with van der Waals surface area (Å²) in [4.78, 5) is 47.3. The minimum atomic E-state index is -2.85. The molecule has 0 unspecified atom stereocenters. The van der Waals surface area contributed by atoms with Crippen molar-refractivity contribution < 1.29 is 27.9 Å². The predicted octanol–water partition coefficient (Wildman–Crippen LogP) is 5.06. The lowest BCUT2D eigenvalue weighted by Gasteiger charge is -2.32. The fraction of sp³-hybridized carbons (Fsp3) is 0.500. The summed E-state index contributed by atoms with van der Waals surface area (Å²) in [7, 11) is 0. The maximum atomic E-state index is 14.3. The molecular weight excluding hydrogens is 813 g/mol. The highest BCUT2D eigenvalue weighted by molar-refractivity contribution is 6.08. The van der Waals surface area contributed by atoms with Crippen molar-refractivity contribution in [1.29, 1.82) is 0 Å². The van der Waals surface area contributed by atoms with Crippen molar-refractivity contribution in [2.45, 2.75) is 70.5 Å². The largest absolute Gasteiger partial charge is 0.378 e. The maximum absolute atomic E-state index is 14.3. The number of likely N-dealkylation sites (tertiary alicyclic amines) is 1. The van der Waals surface area contributed by atoms with Gasteiger partial charge in [-0.15, -0.1) is 0 Å². The number of aromatic nitrogens is 9. The minimum Gasteiger partial charge on any atom is -0.378 e. The Morgan fingerprint density at radius 3 is 2.56 bits per heavy atom. The number of ether oxygens (including phenoxy) is 1. The fourth-order valence-corrected chi connectivity index (χ4v) is 10.7. The van der Waals surface area contributed by atoms with Gasteiger partial charge >= 0.3 is 0 Å². The van der Waals surface area contributed by atoms with Crippen LogP contribution in [0.3, 0.4) is 0 Å². The zero-order valence-electron chi connectivity index (χ0n) is 34.9. The van der Waals surface area contributed by atoms with Crippen LogP contribution >= 0.6 is 0 Å². The molecule has 3 saturated heterocycles. The van der Waals surface area contributed by atoms with E-state index < -0.39 is 24.1 Å². The second-order valence-electron chi connectivity index (χ2n) is 17.9. The number of nitrogens with one attached hydrogen (secondary N) is 2. The first-order valence-corrected chi connectivity index (χ1v) is 22.1. The van der Waals surface area contributed by atoms with Crippen molar-refractivity contribution in [3.63, 3.8) is 0 Å². The van der Waals surface area contributed by atoms with E-state index in [1.165, 1.54) is 10.7 Å². The van der Waals surface area contributed by atoms with Crippen LogP contribution in [0.4, 0.5) is 20.3 Å². The number of morpholine rings is 1. The molecule has 2 saturated carbocycles. The normalized spacial score (nSPS) is 25.3. The summed E-state index contributed by atoms with van der Waals surface area (Å²) in [6, 6.07) is 7.32. The lowest BCUT2D eigenvalue weighted by Crippen LogP contribution is -2.42. The monoisotopic (exact) mass is 861 g/mol. The van der Waals surface area contributed by atoms with Crippen molar-refractivity contribution in [3.05, 3.63) is 72.2 Å². The summed E-state index contributed by atoms with van der Waals surface area (Å²) < 4.78 is 41.0. The highest BCUT2D eigenvalue weighted by atomic mass is 19.3. The van der Waals surface area contributed by atoms with Crippen LogP contribution in [0.2, 0.25) is 0 Å². The van der Waals surface area contributed by atoms with Crippen LogP contribution in [0, 0.1) is 30.6 Å². The Morgan fingerprint density at radius 2 is 1.78 bits per heavy atom. The second kappa shape index (κ2) is 15.9. The second-order valence-corrected chi connectivity index (χ2v) is 17.9. The highest BCUT2D eigenvalue weighted by Crippen LogP contribution is 2.53. The van der Waals surface area contributed by atoms with Gasteiger partial charge in [0, 0.05) is 75.2 Å². The van der Waals surface area contributed by atoms with Crippen LogP contribution in [0.15, 0.2) is 55.2 Å². The number of nitrogens with zero attached hydrogens (tertiary/aromatic N) is 11. The summed E-state index contributed by atoms with van der Waals surface area (Å²) >= 11 is 0. The van der Waals surface area contributed by atoms with Gasteiger partial charge in [-0.3, -0.25) is 33.7 Å². The molecule has 17 nitrogen and oxygen atoms in total. The molecular formula is C44H49F2N13O4. The molecule has 5 fully saturated rings. The molecule has 0 bridgehead atoms. The van der Waals surface area contributed by atoms with E-state index >= 15 is 0 Å². The van der Waals surface area contributed by atoms with Crippen LogP contribution < -0.4 is 15.5 Å². The van der Waals surface area contributed by atoms with Gasteiger partial charge in [0.15, 0.2) is 11.3 Å². The topological polar surface area (TPSA) is 175 Å². The molecule has 5 aliphatic rings. The maximum Gasteiger partial charge on any atom is 0.284 e. The van der Waals surface area contributed by atoms with Gasteiger partial charge < -0.3 is 19.9 Å². The van der Waals surface area contributed by atoms with Crippen LogP contribution in [-0.2, 0) is 20.9 Å². The number of halogens is 2. The molecule has 11 rings (SSSR count). The SMILES string of the molecule is Cc1nn([C@@H]2CCC(=O)NC2=O)c2cccc(-c3cnn(CC4[C@@H]5CN(CC6CCC(n7cc(NC(=O)c8cnn9ccc(N%10CCOCC%10)nc89)c(C(F)F)n7)CC6)C[C@@H]45)c3)c12. The van der Waals surface area contributed by atoms with Crippen molar-refractivity contribution in [2.24, 2.45) is 23.7 Å². The first-order chi connectivity index (χ1) is 30.6. The third-order valence-electron chi connectivity index (χ3n) is 14.1. The van der Waals surface area contributed by atoms with Crippen molar-refractivity contribution in [2.75, 3.05) is 56.2 Å². The number of carbonyl (C=O) groups is 3. The van der Waals surface area contributed by atoms with Crippen LogP contribution in [0.5, 0.6) is 0 Å². The van der Waals surface area contributed by atoms with E-state index in [9.17, 15) is 23.2 Å². The van der Waals surface area contributed by atoms with E-state index in [2.05, 4.69) is 52.6 Å². The first kappa shape index (κ1) is 39.7. The molecule has 6 aromatic rings. The van der Waals surface area contributed by atoms with Crippen LogP contribution in [-0.4, -0.2) is 112 Å². The summed E-state index contributed by atoms with van der Waals surface area (Å²) in [6.45, 7) is 8.57. The zero-order valence-corrected chi connectivity index (χ0v) is 34.9. The number of aryl methyl sites for hydroxylation is 1. The molecule has 8 heterocycles. The van der Waals surface area contributed by atoms with Crippen LogP contribution in [0.1, 0.15) is 78.8 Å². The molecule has 19 heteroatoms. The number of benzene rings is 1. The summed E-state index contributed by atoms with van der Waals surface area (Å²) in [5, 5.41) is 24.2. The molecule has 5 aromatic heterocycles. The number of fused-ring (bicyclic) bond motifs is 3. The van der Waals surface area contributed by atoms with Crippen LogP contribution in [0.25, 0.3) is 27.7 Å². The summed E-state index contributed by atoms with van der Waals surface area (Å²) in [5.41, 5.74) is 3.84. The first-order valence-electron chi connectivity index (χ1n) is 22.1. The third-order valence-corrected chi connectivity index (χ3v) is 14.1. The van der Waals surface area contributed by atoms with Gasteiger partial charge in [0.25, 0.3) is 18.2 Å². The molecule has 3 amide bonds. The molecule has 0 spiro atoms. The molecule has 2 N–H and O–H groups in total. The van der Waals surface area contributed by atoms with Gasteiger partial charge in [0.1, 0.15) is 17.4 Å². The molecule has 3 aliphatic heterocycles. The van der Waals surface area contributed by atoms with Gasteiger partial charge in [-0.2, -0.15) is 20.4 Å². The van der Waals surface area contributed by atoms with Gasteiger partial charge in [-0.25, -0.2) is 18.3 Å². The van der Waals surface area contributed by atoms with Gasteiger partial charge in [0.05, 0.1) is 48.5 Å². The number of hydrogen-bond donors (Lipinski definition) is 2. The Bertz CT molecular complexity index is 2720. The quantitative estimate of drug-likeness (QED) is 0.167. The molecule has 3 atom stereocenters. The van der Waals surface area contributed by atoms with Crippen molar-refractivity contribution >= 4 is 45.8 Å². The third kappa shape index (κ3) is 7.43. The van der Waals surface area contributed by atoms with E-state index in [0.717, 1.165) is 79.6 Å². The lowest BCUT2D eigenvalue weighted by atomic mass is 9.85. The van der Waals surface area contributed by atoms with E-state index in [4.69, 9.17) is 14.9 Å². The van der Waals surface area contributed by atoms with Crippen molar-refractivity contribution in [1.82, 2.24) is 54.2 Å². The van der Waals surface area contributed by atoms with E-state index in [0.29, 0.717) is 74.3 Å². The Hall–Kier alpha value is -6.08. The summed E-state index contributed by atoms with van der Waals surface area (Å²) in [6.07, 6.45) is 10.2. The van der Waals surface area contributed by atoms with Gasteiger partial charge in [-0.05, 0) is 80.4 Å². The number of imide groups is 1. The lowest BCUT2D eigenvalue weighted by molar-refractivity contribution is -0.135. The molecule has 328 valence electrons. The zero-order chi connectivity index (χ0) is 42.9. The number of amides is 3. The standard InChI is InChI=1S/C44H49F2N13O4/c1-25-39-29(3-2-4-35(39)59(52-25)36-9-10-38(60)51-44(36)62)27-17-47-56(20-27)23-33-31-21-54(22-32(31)33)19-26-5-7-28(8-6-26)58-24-34(40(53-58)41(45)46)49-43(61)30-18-48-57-12-11-37(50-42(30)57)55-13-15-63-16-14-55/h2-4,11-12,17-18,20,24,26,28,31-33,36,41H,5-10,13-16,19,21-23H2,1H3,(H,49,61)(H,51,60,62)/t26?,28?,31-,32-,36-/m1/s1. The number of rotatable bonds is 11. The average molecular weight is 862 g/mol. The number of alkyl halides is 2. The van der Waals surface area contributed by atoms with E-state index in [1.807, 2.05) is 31.3 Å². The molecule has 2 aliphatic carbocycles. The number of anilines is 2. The highest BCUT2D eigenvalue weighted by Gasteiger charge is 2.55. The summed E-state index contributed by atoms with van der Waals surface area (Å²) in [5.74, 6) is 2.00. The molecule has 1 aromatic carbocycles. The number of hydrogen-bond acceptors (Lipinski definition) is 11. The van der Waals surface area contributed by atoms with Gasteiger partial charge in [-0.1, -0.05) is 12.1 Å². The van der Waals surface area contributed by atoms with Crippen molar-refractivity contribution in [3.8, 4) is 11.1 Å². The number of carbonyl (C=O) groups excluding carboxylic acids is 3. The average Bonchev–Trinajstić information content (AvgIpc) is 3.98. The minimum absolute atomic E-state index is 0.00415. The Balaban J connectivity index is 0.676.